The third-order valence-electron chi connectivity index (χ3n) is 6.05. The standard InChI is InChI=1S/C23H29N5O3S2/c1-31-18-7-4-15(5-8-18)26-23(32)27-16-11-20-22(30)25-12-17(28(20)14-16)6-9-21(29)24-13-19-3-2-10-33-19/h2-5,7-8,10,16-17,20H,6,9,11-14H2,1H3,(H,24,29)(H,25,30)(H2,26,27,32). The van der Waals surface area contributed by atoms with Crippen molar-refractivity contribution >= 4 is 46.2 Å². The Morgan fingerprint density at radius 2 is 2.12 bits per heavy atom. The van der Waals surface area contributed by atoms with Crippen molar-refractivity contribution in [1.29, 1.82) is 0 Å². The van der Waals surface area contributed by atoms with Gasteiger partial charge in [0.2, 0.25) is 11.8 Å². The summed E-state index contributed by atoms with van der Waals surface area (Å²) in [5, 5.41) is 15.0. The largest absolute Gasteiger partial charge is 0.497 e. The fourth-order valence-corrected chi connectivity index (χ4v) is 5.29. The molecular formula is C23H29N5O3S2. The monoisotopic (exact) mass is 487 g/mol. The van der Waals surface area contributed by atoms with E-state index in [9.17, 15) is 9.59 Å². The van der Waals surface area contributed by atoms with Crippen molar-refractivity contribution in [1.82, 2.24) is 20.9 Å². The maximum absolute atomic E-state index is 12.5. The molecule has 4 rings (SSSR count). The summed E-state index contributed by atoms with van der Waals surface area (Å²) in [6, 6.07) is 11.5. The van der Waals surface area contributed by atoms with Crippen LogP contribution < -0.4 is 26.0 Å². The molecule has 3 unspecified atom stereocenters. The van der Waals surface area contributed by atoms with Gasteiger partial charge < -0.3 is 26.0 Å². The summed E-state index contributed by atoms with van der Waals surface area (Å²) in [4.78, 5) is 28.1. The van der Waals surface area contributed by atoms with Crippen LogP contribution in [0.5, 0.6) is 5.75 Å². The Labute approximate surface area is 203 Å². The molecule has 2 aliphatic rings. The molecule has 0 aliphatic carbocycles. The molecule has 0 saturated carbocycles. The zero-order chi connectivity index (χ0) is 23.2. The fraction of sp³-hybridized carbons (Fsp3) is 0.435. The van der Waals surface area contributed by atoms with E-state index < -0.39 is 0 Å². The number of nitrogens with zero attached hydrogens (tertiary/aromatic N) is 1. The summed E-state index contributed by atoms with van der Waals surface area (Å²) < 4.78 is 5.18. The third-order valence-corrected chi connectivity index (χ3v) is 7.15. The predicted octanol–water partition coefficient (Wildman–Crippen LogP) is 2.08. The van der Waals surface area contributed by atoms with Crippen molar-refractivity contribution < 1.29 is 14.3 Å². The number of ether oxygens (including phenoxy) is 1. The van der Waals surface area contributed by atoms with Gasteiger partial charge in [0.25, 0.3) is 0 Å². The lowest BCUT2D eigenvalue weighted by atomic mass is 10.0. The Balaban J connectivity index is 1.26. The van der Waals surface area contributed by atoms with Gasteiger partial charge in [-0.25, -0.2) is 0 Å². The molecule has 2 amide bonds. The number of amides is 2. The van der Waals surface area contributed by atoms with E-state index in [2.05, 4.69) is 26.2 Å². The third kappa shape index (κ3) is 6.21. The molecule has 176 valence electrons. The Bertz CT molecular complexity index is 967. The molecule has 1 aromatic carbocycles. The molecule has 1 aromatic heterocycles. The number of carbonyl (C=O) groups is 2. The van der Waals surface area contributed by atoms with Crippen LogP contribution in [0.1, 0.15) is 24.1 Å². The van der Waals surface area contributed by atoms with E-state index in [1.807, 2.05) is 41.8 Å². The van der Waals surface area contributed by atoms with Crippen molar-refractivity contribution in [3.63, 3.8) is 0 Å². The van der Waals surface area contributed by atoms with Crippen molar-refractivity contribution in [3.8, 4) is 5.75 Å². The summed E-state index contributed by atoms with van der Waals surface area (Å²) >= 11 is 7.11. The first-order valence-electron chi connectivity index (χ1n) is 11.1. The highest BCUT2D eigenvalue weighted by Crippen LogP contribution is 2.26. The Kier molecular flexibility index (Phi) is 7.79. The van der Waals surface area contributed by atoms with Crippen molar-refractivity contribution in [2.24, 2.45) is 0 Å². The number of thiophene rings is 1. The van der Waals surface area contributed by atoms with Crippen molar-refractivity contribution in [3.05, 3.63) is 46.7 Å². The maximum Gasteiger partial charge on any atom is 0.237 e. The second-order valence-corrected chi connectivity index (χ2v) is 9.71. The molecule has 2 fully saturated rings. The quantitative estimate of drug-likeness (QED) is 0.424. The lowest BCUT2D eigenvalue weighted by Crippen LogP contribution is -2.58. The molecule has 0 spiro atoms. The summed E-state index contributed by atoms with van der Waals surface area (Å²) in [5.74, 6) is 0.867. The molecule has 2 saturated heterocycles. The number of thiocarbonyl (C=S) groups is 1. The second kappa shape index (κ2) is 11.0. The van der Waals surface area contributed by atoms with Crippen molar-refractivity contribution in [2.45, 2.75) is 43.9 Å². The first-order chi connectivity index (χ1) is 16.0. The second-order valence-electron chi connectivity index (χ2n) is 8.27. The van der Waals surface area contributed by atoms with E-state index >= 15 is 0 Å². The summed E-state index contributed by atoms with van der Waals surface area (Å²) in [7, 11) is 1.63. The first-order valence-corrected chi connectivity index (χ1v) is 12.3. The molecule has 33 heavy (non-hydrogen) atoms. The Morgan fingerprint density at radius 1 is 1.30 bits per heavy atom. The van der Waals surface area contributed by atoms with E-state index in [0.717, 1.165) is 16.3 Å². The predicted molar refractivity (Wildman–Crippen MR) is 133 cm³/mol. The van der Waals surface area contributed by atoms with Gasteiger partial charge >= 0.3 is 0 Å². The lowest BCUT2D eigenvalue weighted by molar-refractivity contribution is -0.129. The number of benzene rings is 1. The van der Waals surface area contributed by atoms with E-state index in [1.165, 1.54) is 0 Å². The van der Waals surface area contributed by atoms with Gasteiger partial charge in [-0.3, -0.25) is 14.5 Å². The van der Waals surface area contributed by atoms with Gasteiger partial charge in [0.1, 0.15) is 5.75 Å². The van der Waals surface area contributed by atoms with Gasteiger partial charge in [-0.05, 0) is 60.8 Å². The van der Waals surface area contributed by atoms with Gasteiger partial charge in [-0.1, -0.05) is 6.07 Å². The average molecular weight is 488 g/mol. The van der Waals surface area contributed by atoms with E-state index in [4.69, 9.17) is 17.0 Å². The van der Waals surface area contributed by atoms with Gasteiger partial charge in [0.15, 0.2) is 5.11 Å². The van der Waals surface area contributed by atoms with Crippen LogP contribution in [0.2, 0.25) is 0 Å². The molecule has 3 heterocycles. The number of hydrogen-bond acceptors (Lipinski definition) is 6. The molecule has 10 heteroatoms. The van der Waals surface area contributed by atoms with Crippen molar-refractivity contribution in [2.75, 3.05) is 25.5 Å². The summed E-state index contributed by atoms with van der Waals surface area (Å²) in [5.41, 5.74) is 0.869. The van der Waals surface area contributed by atoms with E-state index in [1.54, 1.807) is 18.4 Å². The minimum absolute atomic E-state index is 0.0376. The molecule has 2 aromatic rings. The molecule has 3 atom stereocenters. The molecule has 0 bridgehead atoms. The first kappa shape index (κ1) is 23.5. The average Bonchev–Trinajstić information content (AvgIpc) is 3.48. The topological polar surface area (TPSA) is 94.7 Å². The molecule has 8 nitrogen and oxygen atoms in total. The SMILES string of the molecule is COc1ccc(NC(=S)NC2CC3C(=O)NCC(CCC(=O)NCc4cccs4)N3C2)cc1. The van der Waals surface area contributed by atoms with E-state index in [0.29, 0.717) is 44.0 Å². The zero-order valence-corrected chi connectivity index (χ0v) is 20.1. The number of methoxy groups -OCH3 is 1. The van der Waals surface area contributed by atoms with Crippen LogP contribution in [-0.4, -0.2) is 60.2 Å². The maximum atomic E-state index is 12.5. The van der Waals surface area contributed by atoms with Crippen LogP contribution in [-0.2, 0) is 16.1 Å². The van der Waals surface area contributed by atoms with Gasteiger partial charge in [-0.15, -0.1) is 11.3 Å². The number of rotatable bonds is 8. The van der Waals surface area contributed by atoms with Crippen LogP contribution in [0.3, 0.4) is 0 Å². The smallest absolute Gasteiger partial charge is 0.237 e. The van der Waals surface area contributed by atoms with Crippen LogP contribution in [0, 0.1) is 0 Å². The summed E-state index contributed by atoms with van der Waals surface area (Å²) in [6.45, 7) is 1.84. The van der Waals surface area contributed by atoms with Crippen LogP contribution in [0.25, 0.3) is 0 Å². The number of piperazine rings is 1. The number of nitrogens with one attached hydrogen (secondary N) is 4. The van der Waals surface area contributed by atoms with E-state index in [-0.39, 0.29) is 29.9 Å². The summed E-state index contributed by atoms with van der Waals surface area (Å²) in [6.07, 6.45) is 1.82. The lowest BCUT2D eigenvalue weighted by Gasteiger charge is -2.37. The minimum atomic E-state index is -0.195. The normalized spacial score (nSPS) is 22.2. The Hall–Kier alpha value is -2.69. The molecule has 2 aliphatic heterocycles. The number of anilines is 1. The van der Waals surface area contributed by atoms with Gasteiger partial charge in [0.05, 0.1) is 19.7 Å². The Morgan fingerprint density at radius 3 is 2.85 bits per heavy atom. The van der Waals surface area contributed by atoms with Gasteiger partial charge in [0, 0.05) is 42.2 Å². The van der Waals surface area contributed by atoms with Crippen LogP contribution in [0.4, 0.5) is 5.69 Å². The molecule has 4 N–H and O–H groups in total. The zero-order valence-electron chi connectivity index (χ0n) is 18.5. The highest BCUT2D eigenvalue weighted by molar-refractivity contribution is 7.80. The highest BCUT2D eigenvalue weighted by atomic mass is 32.1. The number of fused-ring (bicyclic) bond motifs is 1. The number of hydrogen-bond donors (Lipinski definition) is 4. The molecular weight excluding hydrogens is 458 g/mol. The van der Waals surface area contributed by atoms with Gasteiger partial charge in [-0.2, -0.15) is 0 Å². The fourth-order valence-electron chi connectivity index (χ4n) is 4.36. The number of carbonyl (C=O) groups excluding carboxylic acids is 2. The van der Waals surface area contributed by atoms with Crippen LogP contribution >= 0.6 is 23.6 Å². The van der Waals surface area contributed by atoms with Crippen LogP contribution in [0.15, 0.2) is 41.8 Å². The highest BCUT2D eigenvalue weighted by Gasteiger charge is 2.43. The molecule has 0 radical (unpaired) electrons. The minimum Gasteiger partial charge on any atom is -0.497 e.